The minimum atomic E-state index is 0.0133. The second-order valence-corrected chi connectivity index (χ2v) is 7.16. The molecule has 5 heteroatoms. The SMILES string of the molecule is COc1ccc2ccccc2c1CNC(=O)N1CCC[C@H](N(C)C)CC1. The van der Waals surface area contributed by atoms with Gasteiger partial charge < -0.3 is 19.9 Å². The molecule has 0 bridgehead atoms. The van der Waals surface area contributed by atoms with E-state index in [0.29, 0.717) is 12.6 Å². The largest absolute Gasteiger partial charge is 0.496 e. The average molecular weight is 355 g/mol. The molecule has 0 aliphatic carbocycles. The highest BCUT2D eigenvalue weighted by Crippen LogP contribution is 2.28. The quantitative estimate of drug-likeness (QED) is 0.913. The Hall–Kier alpha value is -2.27. The van der Waals surface area contributed by atoms with Crippen LogP contribution in [0.1, 0.15) is 24.8 Å². The number of hydrogen-bond acceptors (Lipinski definition) is 3. The Kier molecular flexibility index (Phi) is 5.99. The number of fused-ring (bicyclic) bond motifs is 1. The van der Waals surface area contributed by atoms with E-state index in [9.17, 15) is 4.79 Å². The lowest BCUT2D eigenvalue weighted by atomic mass is 10.0. The fourth-order valence-corrected chi connectivity index (χ4v) is 3.76. The summed E-state index contributed by atoms with van der Waals surface area (Å²) >= 11 is 0. The summed E-state index contributed by atoms with van der Waals surface area (Å²) in [6.07, 6.45) is 3.22. The third-order valence-electron chi connectivity index (χ3n) is 5.35. The molecular weight excluding hydrogens is 326 g/mol. The van der Waals surface area contributed by atoms with Gasteiger partial charge >= 0.3 is 6.03 Å². The lowest BCUT2D eigenvalue weighted by molar-refractivity contribution is 0.197. The van der Waals surface area contributed by atoms with E-state index in [1.807, 2.05) is 23.1 Å². The normalized spacial score (nSPS) is 18.0. The predicted octanol–water partition coefficient (Wildman–Crippen LogP) is 3.47. The molecule has 0 saturated carbocycles. The van der Waals surface area contributed by atoms with Gasteiger partial charge in [0.05, 0.1) is 7.11 Å². The predicted molar refractivity (Wildman–Crippen MR) is 106 cm³/mol. The monoisotopic (exact) mass is 355 g/mol. The number of amides is 2. The van der Waals surface area contributed by atoms with Crippen LogP contribution in [0.25, 0.3) is 10.8 Å². The Bertz CT molecular complexity index is 760. The number of likely N-dealkylation sites (tertiary alicyclic amines) is 1. The summed E-state index contributed by atoms with van der Waals surface area (Å²) < 4.78 is 5.52. The van der Waals surface area contributed by atoms with Crippen LogP contribution in [0.4, 0.5) is 4.79 Å². The Labute approximate surface area is 155 Å². The van der Waals surface area contributed by atoms with Gasteiger partial charge in [0, 0.05) is 31.2 Å². The van der Waals surface area contributed by atoms with Crippen LogP contribution in [-0.4, -0.2) is 56.2 Å². The van der Waals surface area contributed by atoms with Crippen molar-refractivity contribution in [2.24, 2.45) is 0 Å². The molecule has 1 aliphatic rings. The summed E-state index contributed by atoms with van der Waals surface area (Å²) in [6, 6.07) is 12.8. The van der Waals surface area contributed by atoms with Crippen LogP contribution in [0.5, 0.6) is 5.75 Å². The first-order valence-electron chi connectivity index (χ1n) is 9.34. The molecule has 1 atom stereocenters. The molecule has 5 nitrogen and oxygen atoms in total. The molecule has 2 amide bonds. The van der Waals surface area contributed by atoms with E-state index in [4.69, 9.17) is 4.74 Å². The van der Waals surface area contributed by atoms with Gasteiger partial charge in [0.15, 0.2) is 0 Å². The Balaban J connectivity index is 1.69. The Morgan fingerprint density at radius 3 is 2.77 bits per heavy atom. The van der Waals surface area contributed by atoms with Gasteiger partial charge in [0.1, 0.15) is 5.75 Å². The summed E-state index contributed by atoms with van der Waals surface area (Å²) in [7, 11) is 5.91. The molecule has 0 unspecified atom stereocenters. The van der Waals surface area contributed by atoms with Gasteiger partial charge in [-0.3, -0.25) is 0 Å². The smallest absolute Gasteiger partial charge is 0.317 e. The highest BCUT2D eigenvalue weighted by molar-refractivity contribution is 5.88. The van der Waals surface area contributed by atoms with Crippen molar-refractivity contribution in [1.82, 2.24) is 15.1 Å². The number of methoxy groups -OCH3 is 1. The molecule has 1 saturated heterocycles. The zero-order valence-electron chi connectivity index (χ0n) is 16.0. The van der Waals surface area contributed by atoms with Crippen LogP contribution in [0.3, 0.4) is 0 Å². The Morgan fingerprint density at radius 2 is 2.00 bits per heavy atom. The minimum Gasteiger partial charge on any atom is -0.496 e. The molecule has 3 rings (SSSR count). The lowest BCUT2D eigenvalue weighted by Crippen LogP contribution is -2.40. The molecule has 140 valence electrons. The van der Waals surface area contributed by atoms with E-state index in [1.54, 1.807) is 7.11 Å². The number of carbonyl (C=O) groups is 1. The summed E-state index contributed by atoms with van der Waals surface area (Å²) in [6.45, 7) is 2.10. The number of hydrogen-bond donors (Lipinski definition) is 1. The second-order valence-electron chi connectivity index (χ2n) is 7.16. The van der Waals surface area contributed by atoms with Crippen molar-refractivity contribution in [1.29, 1.82) is 0 Å². The number of rotatable bonds is 4. The van der Waals surface area contributed by atoms with E-state index in [2.05, 4.69) is 42.5 Å². The van der Waals surface area contributed by atoms with Crippen LogP contribution in [0, 0.1) is 0 Å². The third kappa shape index (κ3) is 4.10. The van der Waals surface area contributed by atoms with Gasteiger partial charge in [-0.25, -0.2) is 4.79 Å². The van der Waals surface area contributed by atoms with Crippen LogP contribution >= 0.6 is 0 Å². The maximum atomic E-state index is 12.7. The van der Waals surface area contributed by atoms with Gasteiger partial charge in [-0.05, 0) is 50.2 Å². The molecule has 1 fully saturated rings. The van der Waals surface area contributed by atoms with Crippen molar-refractivity contribution in [3.63, 3.8) is 0 Å². The third-order valence-corrected chi connectivity index (χ3v) is 5.35. The molecule has 0 spiro atoms. The lowest BCUT2D eigenvalue weighted by Gasteiger charge is -2.24. The maximum absolute atomic E-state index is 12.7. The number of nitrogens with zero attached hydrogens (tertiary/aromatic N) is 2. The van der Waals surface area contributed by atoms with Gasteiger partial charge in [0.25, 0.3) is 0 Å². The molecular formula is C21H29N3O2. The molecule has 1 N–H and O–H groups in total. The summed E-state index contributed by atoms with van der Waals surface area (Å²) in [5.74, 6) is 0.813. The number of nitrogens with one attached hydrogen (secondary N) is 1. The molecule has 2 aromatic rings. The number of ether oxygens (including phenoxy) is 1. The average Bonchev–Trinajstić information content (AvgIpc) is 2.92. The summed E-state index contributed by atoms with van der Waals surface area (Å²) in [5.41, 5.74) is 1.03. The zero-order valence-corrected chi connectivity index (χ0v) is 16.0. The van der Waals surface area contributed by atoms with Gasteiger partial charge in [-0.1, -0.05) is 30.3 Å². The van der Waals surface area contributed by atoms with E-state index in [0.717, 1.165) is 54.4 Å². The maximum Gasteiger partial charge on any atom is 0.317 e. The van der Waals surface area contributed by atoms with Crippen LogP contribution < -0.4 is 10.1 Å². The first-order chi connectivity index (χ1) is 12.6. The fourth-order valence-electron chi connectivity index (χ4n) is 3.76. The van der Waals surface area contributed by atoms with Crippen LogP contribution in [0.15, 0.2) is 36.4 Å². The van der Waals surface area contributed by atoms with E-state index < -0.39 is 0 Å². The van der Waals surface area contributed by atoms with Crippen LogP contribution in [-0.2, 0) is 6.54 Å². The van der Waals surface area contributed by atoms with Crippen molar-refractivity contribution >= 4 is 16.8 Å². The summed E-state index contributed by atoms with van der Waals surface area (Å²) in [5, 5.41) is 5.38. The highest BCUT2D eigenvalue weighted by Gasteiger charge is 2.21. The molecule has 1 aliphatic heterocycles. The standard InChI is InChI=1S/C21H29N3O2/c1-23(2)17-8-6-13-24(14-12-17)21(25)22-15-19-18-9-5-4-7-16(18)10-11-20(19)26-3/h4-5,7,9-11,17H,6,8,12-15H2,1-3H3,(H,22,25)/t17-/m0/s1. The van der Waals surface area contributed by atoms with E-state index in [1.165, 1.54) is 0 Å². The van der Waals surface area contributed by atoms with Crippen molar-refractivity contribution in [3.8, 4) is 5.75 Å². The molecule has 2 aromatic carbocycles. The van der Waals surface area contributed by atoms with Gasteiger partial charge in [-0.2, -0.15) is 0 Å². The number of benzene rings is 2. The fraction of sp³-hybridized carbons (Fsp3) is 0.476. The van der Waals surface area contributed by atoms with Gasteiger partial charge in [0.2, 0.25) is 0 Å². The molecule has 1 heterocycles. The van der Waals surface area contributed by atoms with Crippen molar-refractivity contribution in [2.75, 3.05) is 34.3 Å². The van der Waals surface area contributed by atoms with Crippen molar-refractivity contribution in [2.45, 2.75) is 31.8 Å². The van der Waals surface area contributed by atoms with Crippen LogP contribution in [0.2, 0.25) is 0 Å². The highest BCUT2D eigenvalue weighted by atomic mass is 16.5. The summed E-state index contributed by atoms with van der Waals surface area (Å²) in [4.78, 5) is 16.9. The molecule has 0 radical (unpaired) electrons. The van der Waals surface area contributed by atoms with Crippen molar-refractivity contribution < 1.29 is 9.53 Å². The number of urea groups is 1. The zero-order chi connectivity index (χ0) is 18.5. The first-order valence-corrected chi connectivity index (χ1v) is 9.34. The minimum absolute atomic E-state index is 0.0133. The number of carbonyl (C=O) groups excluding carboxylic acids is 1. The van der Waals surface area contributed by atoms with E-state index in [-0.39, 0.29) is 6.03 Å². The van der Waals surface area contributed by atoms with E-state index >= 15 is 0 Å². The second kappa shape index (κ2) is 8.41. The first kappa shape index (κ1) is 18.5. The van der Waals surface area contributed by atoms with Crippen molar-refractivity contribution in [3.05, 3.63) is 42.0 Å². The topological polar surface area (TPSA) is 44.8 Å². The molecule has 26 heavy (non-hydrogen) atoms. The van der Waals surface area contributed by atoms with Gasteiger partial charge in [-0.15, -0.1) is 0 Å². The Morgan fingerprint density at radius 1 is 1.19 bits per heavy atom. The molecule has 0 aromatic heterocycles.